The third-order valence-corrected chi connectivity index (χ3v) is 4.55. The largest absolute Gasteiger partial charge is 0.494 e. The summed E-state index contributed by atoms with van der Waals surface area (Å²) in [6.45, 7) is 2.91. The van der Waals surface area contributed by atoms with E-state index in [1.165, 1.54) is 11.1 Å². The number of hydrogen-bond donors (Lipinski definition) is 2. The van der Waals surface area contributed by atoms with Crippen molar-refractivity contribution in [1.82, 2.24) is 0 Å². The molecule has 0 heterocycles. The van der Waals surface area contributed by atoms with Crippen molar-refractivity contribution in [2.24, 2.45) is 0 Å². The Labute approximate surface area is 172 Å². The fourth-order valence-electron chi connectivity index (χ4n) is 2.80. The van der Waals surface area contributed by atoms with Crippen LogP contribution in [0.2, 0.25) is 0 Å². The fourth-order valence-corrected chi connectivity index (χ4v) is 3.04. The lowest BCUT2D eigenvalue weighted by Crippen LogP contribution is -2.18. The van der Waals surface area contributed by atoms with E-state index in [2.05, 4.69) is 66.1 Å². The normalized spacial score (nSPS) is 10.3. The van der Waals surface area contributed by atoms with Crippen LogP contribution < -0.4 is 15.4 Å². The second kappa shape index (κ2) is 10.5. The van der Waals surface area contributed by atoms with Crippen LogP contribution in [0.15, 0.2) is 78.9 Å². The van der Waals surface area contributed by atoms with E-state index in [9.17, 15) is 0 Å². The van der Waals surface area contributed by atoms with E-state index >= 15 is 0 Å². The first-order chi connectivity index (χ1) is 13.7. The molecule has 0 amide bonds. The molecule has 0 bridgehead atoms. The smallest absolute Gasteiger partial charge is 0.175 e. The first-order valence-electron chi connectivity index (χ1n) is 9.66. The van der Waals surface area contributed by atoms with Crippen LogP contribution in [0.5, 0.6) is 5.75 Å². The Morgan fingerprint density at radius 3 is 1.96 bits per heavy atom. The predicted octanol–water partition coefficient (Wildman–Crippen LogP) is 6.27. The number of rotatable bonds is 8. The van der Waals surface area contributed by atoms with Crippen molar-refractivity contribution in [2.45, 2.75) is 26.2 Å². The highest BCUT2D eigenvalue weighted by molar-refractivity contribution is 7.80. The first kappa shape index (κ1) is 19.9. The van der Waals surface area contributed by atoms with Crippen molar-refractivity contribution in [1.29, 1.82) is 0 Å². The minimum absolute atomic E-state index is 0.565. The quantitative estimate of drug-likeness (QED) is 0.351. The highest BCUT2D eigenvalue weighted by atomic mass is 32.1. The maximum Gasteiger partial charge on any atom is 0.175 e. The Balaban J connectivity index is 1.49. The van der Waals surface area contributed by atoms with Gasteiger partial charge in [-0.25, -0.2) is 0 Å². The Morgan fingerprint density at radius 1 is 0.786 bits per heavy atom. The van der Waals surface area contributed by atoms with E-state index in [0.29, 0.717) is 5.11 Å². The van der Waals surface area contributed by atoms with Crippen molar-refractivity contribution >= 4 is 28.7 Å². The molecule has 0 atom stereocenters. The van der Waals surface area contributed by atoms with Gasteiger partial charge in [0.1, 0.15) is 5.75 Å². The molecule has 4 heteroatoms. The lowest BCUT2D eigenvalue weighted by Gasteiger charge is -2.12. The molecule has 3 aromatic carbocycles. The van der Waals surface area contributed by atoms with Crippen LogP contribution in [0.4, 0.5) is 11.4 Å². The van der Waals surface area contributed by atoms with Gasteiger partial charge in [-0.15, -0.1) is 0 Å². The summed E-state index contributed by atoms with van der Waals surface area (Å²) in [6.07, 6.45) is 3.13. The zero-order chi connectivity index (χ0) is 19.6. The molecule has 0 saturated heterocycles. The van der Waals surface area contributed by atoms with Crippen molar-refractivity contribution in [2.75, 3.05) is 17.2 Å². The molecule has 144 valence electrons. The number of hydrogen-bond acceptors (Lipinski definition) is 2. The summed E-state index contributed by atoms with van der Waals surface area (Å²) in [6, 6.07) is 26.7. The lowest BCUT2D eigenvalue weighted by atomic mass is 10.1. The van der Waals surface area contributed by atoms with Gasteiger partial charge in [0.2, 0.25) is 0 Å². The summed E-state index contributed by atoms with van der Waals surface area (Å²) in [4.78, 5) is 0. The molecule has 3 aromatic rings. The van der Waals surface area contributed by atoms with Gasteiger partial charge in [-0.1, -0.05) is 55.8 Å². The van der Waals surface area contributed by atoms with Crippen LogP contribution in [0.25, 0.3) is 0 Å². The van der Waals surface area contributed by atoms with Gasteiger partial charge < -0.3 is 15.4 Å². The number of ether oxygens (including phenoxy) is 1. The van der Waals surface area contributed by atoms with Gasteiger partial charge in [-0.3, -0.25) is 0 Å². The Bertz CT molecular complexity index is 861. The van der Waals surface area contributed by atoms with Gasteiger partial charge in [-0.2, -0.15) is 0 Å². The number of thiocarbonyl (C=S) groups is 1. The van der Waals surface area contributed by atoms with Gasteiger partial charge in [-0.05, 0) is 72.6 Å². The van der Waals surface area contributed by atoms with E-state index in [1.54, 1.807) is 0 Å². The standard InChI is InChI=1S/C24H26N2OS/c1-2-3-17-27-23-15-13-22(14-16-23)26-24(28)25-21-11-9-20(10-12-21)18-19-7-5-4-6-8-19/h4-16H,2-3,17-18H2,1H3,(H2,25,26,28). The van der Waals surface area contributed by atoms with Crippen LogP contribution in [-0.2, 0) is 6.42 Å². The van der Waals surface area contributed by atoms with E-state index in [-0.39, 0.29) is 0 Å². The van der Waals surface area contributed by atoms with E-state index in [4.69, 9.17) is 17.0 Å². The van der Waals surface area contributed by atoms with Crippen LogP contribution in [0.1, 0.15) is 30.9 Å². The Hall–Kier alpha value is -2.85. The zero-order valence-corrected chi connectivity index (χ0v) is 17.0. The lowest BCUT2D eigenvalue weighted by molar-refractivity contribution is 0.309. The number of unbranched alkanes of at least 4 members (excludes halogenated alkanes) is 1. The minimum atomic E-state index is 0.565. The van der Waals surface area contributed by atoms with Gasteiger partial charge in [0.15, 0.2) is 5.11 Å². The third kappa shape index (κ3) is 6.39. The third-order valence-electron chi connectivity index (χ3n) is 4.34. The predicted molar refractivity (Wildman–Crippen MR) is 122 cm³/mol. The van der Waals surface area contributed by atoms with Crippen molar-refractivity contribution in [3.8, 4) is 5.75 Å². The number of nitrogens with one attached hydrogen (secondary N) is 2. The van der Waals surface area contributed by atoms with Crippen molar-refractivity contribution in [3.05, 3.63) is 90.0 Å². The topological polar surface area (TPSA) is 33.3 Å². The maximum absolute atomic E-state index is 5.68. The summed E-state index contributed by atoms with van der Waals surface area (Å²) in [7, 11) is 0. The summed E-state index contributed by atoms with van der Waals surface area (Å²) < 4.78 is 5.68. The average Bonchev–Trinajstić information content (AvgIpc) is 2.72. The van der Waals surface area contributed by atoms with Crippen LogP contribution in [0.3, 0.4) is 0 Å². The summed E-state index contributed by atoms with van der Waals surface area (Å²) in [5, 5.41) is 7.00. The molecule has 0 unspecified atom stereocenters. The highest BCUT2D eigenvalue weighted by Crippen LogP contribution is 2.17. The molecule has 0 saturated carbocycles. The summed E-state index contributed by atoms with van der Waals surface area (Å²) in [5.74, 6) is 0.881. The molecule has 0 radical (unpaired) electrons. The van der Waals surface area contributed by atoms with Crippen molar-refractivity contribution < 1.29 is 4.74 Å². The molecule has 3 rings (SSSR count). The zero-order valence-electron chi connectivity index (χ0n) is 16.2. The van der Waals surface area contributed by atoms with Crippen LogP contribution in [0, 0.1) is 0 Å². The van der Waals surface area contributed by atoms with Gasteiger partial charge >= 0.3 is 0 Å². The van der Waals surface area contributed by atoms with Crippen LogP contribution in [-0.4, -0.2) is 11.7 Å². The molecule has 0 aliphatic carbocycles. The molecule has 0 aromatic heterocycles. The van der Waals surface area contributed by atoms with Gasteiger partial charge in [0, 0.05) is 11.4 Å². The SMILES string of the molecule is CCCCOc1ccc(NC(=S)Nc2ccc(Cc3ccccc3)cc2)cc1. The summed E-state index contributed by atoms with van der Waals surface area (Å²) >= 11 is 5.42. The highest BCUT2D eigenvalue weighted by Gasteiger charge is 2.01. The van der Waals surface area contributed by atoms with E-state index < -0.39 is 0 Å². The number of anilines is 2. The monoisotopic (exact) mass is 390 g/mol. The molecule has 0 fully saturated rings. The van der Waals surface area contributed by atoms with Gasteiger partial charge in [0.25, 0.3) is 0 Å². The molecular weight excluding hydrogens is 364 g/mol. The van der Waals surface area contributed by atoms with Gasteiger partial charge in [0.05, 0.1) is 6.61 Å². The summed E-state index contributed by atoms with van der Waals surface area (Å²) in [5.41, 5.74) is 4.48. The number of benzene rings is 3. The molecule has 3 nitrogen and oxygen atoms in total. The first-order valence-corrected chi connectivity index (χ1v) is 10.1. The molecule has 2 N–H and O–H groups in total. The second-order valence-corrected chi connectivity index (χ2v) is 7.07. The molecule has 28 heavy (non-hydrogen) atoms. The Kier molecular flexibility index (Phi) is 7.44. The maximum atomic E-state index is 5.68. The van der Waals surface area contributed by atoms with E-state index in [0.717, 1.165) is 43.0 Å². The fraction of sp³-hybridized carbons (Fsp3) is 0.208. The minimum Gasteiger partial charge on any atom is -0.494 e. The Morgan fingerprint density at radius 2 is 1.36 bits per heavy atom. The van der Waals surface area contributed by atoms with Crippen molar-refractivity contribution in [3.63, 3.8) is 0 Å². The molecule has 0 aliphatic heterocycles. The van der Waals surface area contributed by atoms with E-state index in [1.807, 2.05) is 30.3 Å². The molecule has 0 aliphatic rings. The second-order valence-electron chi connectivity index (χ2n) is 6.66. The molecular formula is C24H26N2OS. The molecule has 0 spiro atoms. The average molecular weight is 391 g/mol. The van der Waals surface area contributed by atoms with Crippen LogP contribution >= 0.6 is 12.2 Å².